The second-order valence-electron chi connectivity index (χ2n) is 5.35. The standard InChI is InChI=1S/C19H14N2O5/c22-14-8-5-12(6-9-14)7-10-17(23)20-21-18(24)15-11-13-3-1-2-4-16(13)26-19(15)25/h1-11,22H,(H,20,23)(H,21,24)/b10-7+. The van der Waals surface area contributed by atoms with E-state index in [4.69, 9.17) is 4.42 Å². The van der Waals surface area contributed by atoms with Gasteiger partial charge in [0.2, 0.25) is 0 Å². The lowest BCUT2D eigenvalue weighted by Gasteiger charge is -2.05. The summed E-state index contributed by atoms with van der Waals surface area (Å²) in [5.41, 5.74) is 4.39. The Morgan fingerprint density at radius 1 is 1.00 bits per heavy atom. The fraction of sp³-hybridized carbons (Fsp3) is 0. The first-order chi connectivity index (χ1) is 12.5. The Morgan fingerprint density at radius 2 is 1.73 bits per heavy atom. The molecule has 3 N–H and O–H groups in total. The van der Waals surface area contributed by atoms with Gasteiger partial charge < -0.3 is 9.52 Å². The van der Waals surface area contributed by atoms with Crippen LogP contribution in [0, 0.1) is 0 Å². The van der Waals surface area contributed by atoms with E-state index in [1.165, 1.54) is 30.4 Å². The number of fused-ring (bicyclic) bond motifs is 1. The number of rotatable bonds is 3. The third kappa shape index (κ3) is 3.96. The fourth-order valence-corrected chi connectivity index (χ4v) is 2.20. The highest BCUT2D eigenvalue weighted by molar-refractivity contribution is 5.99. The van der Waals surface area contributed by atoms with Crippen molar-refractivity contribution >= 4 is 28.9 Å². The topological polar surface area (TPSA) is 109 Å². The number of phenolic OH excluding ortho intramolecular Hbond substituents is 1. The molecule has 0 fully saturated rings. The summed E-state index contributed by atoms with van der Waals surface area (Å²) in [4.78, 5) is 35.7. The average Bonchev–Trinajstić information content (AvgIpc) is 2.65. The van der Waals surface area contributed by atoms with Gasteiger partial charge in [-0.2, -0.15) is 0 Å². The third-order valence-electron chi connectivity index (χ3n) is 3.51. The molecule has 0 aliphatic heterocycles. The molecule has 0 aliphatic carbocycles. The molecule has 0 saturated heterocycles. The van der Waals surface area contributed by atoms with E-state index in [0.29, 0.717) is 16.5 Å². The van der Waals surface area contributed by atoms with Gasteiger partial charge in [-0.05, 0) is 35.9 Å². The van der Waals surface area contributed by atoms with Crippen LogP contribution in [-0.2, 0) is 4.79 Å². The van der Waals surface area contributed by atoms with Crippen molar-refractivity contribution in [2.75, 3.05) is 0 Å². The molecule has 0 radical (unpaired) electrons. The van der Waals surface area contributed by atoms with Gasteiger partial charge in [0.1, 0.15) is 16.9 Å². The van der Waals surface area contributed by atoms with Crippen LogP contribution in [0.5, 0.6) is 5.75 Å². The van der Waals surface area contributed by atoms with Gasteiger partial charge in [0.25, 0.3) is 11.8 Å². The Labute approximate surface area is 147 Å². The summed E-state index contributed by atoms with van der Waals surface area (Å²) in [7, 11) is 0. The molecular formula is C19H14N2O5. The second-order valence-corrected chi connectivity index (χ2v) is 5.35. The van der Waals surface area contributed by atoms with Crippen LogP contribution < -0.4 is 16.5 Å². The van der Waals surface area contributed by atoms with E-state index in [1.54, 1.807) is 36.4 Å². The summed E-state index contributed by atoms with van der Waals surface area (Å²) in [6, 6.07) is 14.4. The van der Waals surface area contributed by atoms with E-state index in [-0.39, 0.29) is 11.3 Å². The van der Waals surface area contributed by atoms with E-state index in [1.807, 2.05) is 0 Å². The highest BCUT2D eigenvalue weighted by Gasteiger charge is 2.13. The van der Waals surface area contributed by atoms with Crippen LogP contribution in [0.25, 0.3) is 17.0 Å². The first-order valence-electron chi connectivity index (χ1n) is 7.63. The van der Waals surface area contributed by atoms with Gasteiger partial charge in [-0.25, -0.2) is 4.79 Å². The predicted molar refractivity (Wildman–Crippen MR) is 95.2 cm³/mol. The molecule has 2 aromatic carbocycles. The van der Waals surface area contributed by atoms with Crippen LogP contribution in [0.15, 0.2) is 69.9 Å². The number of amides is 2. The van der Waals surface area contributed by atoms with Gasteiger partial charge in [-0.15, -0.1) is 0 Å². The summed E-state index contributed by atoms with van der Waals surface area (Å²) in [5, 5.41) is 9.79. The van der Waals surface area contributed by atoms with Crippen molar-refractivity contribution < 1.29 is 19.1 Å². The molecule has 0 aliphatic rings. The van der Waals surface area contributed by atoms with Crippen molar-refractivity contribution in [1.29, 1.82) is 0 Å². The maximum absolute atomic E-state index is 12.1. The van der Waals surface area contributed by atoms with Gasteiger partial charge >= 0.3 is 5.63 Å². The normalized spacial score (nSPS) is 10.8. The predicted octanol–water partition coefficient (Wildman–Crippen LogP) is 1.97. The molecule has 130 valence electrons. The number of benzene rings is 2. The van der Waals surface area contributed by atoms with E-state index < -0.39 is 17.4 Å². The van der Waals surface area contributed by atoms with Crippen LogP contribution >= 0.6 is 0 Å². The van der Waals surface area contributed by atoms with E-state index >= 15 is 0 Å². The molecule has 7 heteroatoms. The molecule has 0 saturated carbocycles. The zero-order valence-corrected chi connectivity index (χ0v) is 13.4. The average molecular weight is 350 g/mol. The molecule has 1 aromatic heterocycles. The molecule has 3 rings (SSSR count). The Kier molecular flexibility index (Phi) is 4.80. The number of hydrogen-bond acceptors (Lipinski definition) is 5. The van der Waals surface area contributed by atoms with Gasteiger partial charge in [0.05, 0.1) is 0 Å². The van der Waals surface area contributed by atoms with Crippen molar-refractivity contribution in [2.24, 2.45) is 0 Å². The summed E-state index contributed by atoms with van der Waals surface area (Å²) >= 11 is 0. The first-order valence-corrected chi connectivity index (χ1v) is 7.63. The molecular weight excluding hydrogens is 336 g/mol. The molecule has 7 nitrogen and oxygen atoms in total. The maximum atomic E-state index is 12.1. The van der Waals surface area contributed by atoms with Gasteiger partial charge in [-0.1, -0.05) is 30.3 Å². The zero-order valence-electron chi connectivity index (χ0n) is 13.4. The number of aromatic hydroxyl groups is 1. The minimum Gasteiger partial charge on any atom is -0.508 e. The number of phenols is 1. The van der Waals surface area contributed by atoms with Crippen molar-refractivity contribution in [3.63, 3.8) is 0 Å². The SMILES string of the molecule is O=C(/C=C/c1ccc(O)cc1)NNC(=O)c1cc2ccccc2oc1=O. The number of hydrogen-bond donors (Lipinski definition) is 3. The molecule has 2 amide bonds. The van der Waals surface area contributed by atoms with E-state index in [2.05, 4.69) is 10.9 Å². The van der Waals surface area contributed by atoms with Crippen molar-refractivity contribution in [1.82, 2.24) is 10.9 Å². The Bertz CT molecular complexity index is 1050. The molecule has 0 bridgehead atoms. The summed E-state index contributed by atoms with van der Waals surface area (Å²) in [6.45, 7) is 0. The highest BCUT2D eigenvalue weighted by Crippen LogP contribution is 2.12. The molecule has 3 aromatic rings. The van der Waals surface area contributed by atoms with Gasteiger partial charge in [0.15, 0.2) is 0 Å². The highest BCUT2D eigenvalue weighted by atomic mass is 16.4. The first kappa shape index (κ1) is 17.0. The van der Waals surface area contributed by atoms with Crippen molar-refractivity contribution in [2.45, 2.75) is 0 Å². The van der Waals surface area contributed by atoms with Crippen LogP contribution in [0.2, 0.25) is 0 Å². The minimum atomic E-state index is -0.796. The van der Waals surface area contributed by atoms with Crippen LogP contribution in [0.3, 0.4) is 0 Å². The largest absolute Gasteiger partial charge is 0.508 e. The van der Waals surface area contributed by atoms with Crippen molar-refractivity contribution in [3.8, 4) is 5.75 Å². The lowest BCUT2D eigenvalue weighted by Crippen LogP contribution is -2.42. The fourth-order valence-electron chi connectivity index (χ4n) is 2.20. The van der Waals surface area contributed by atoms with Crippen molar-refractivity contribution in [3.05, 3.63) is 82.2 Å². The van der Waals surface area contributed by atoms with Crippen LogP contribution in [-0.4, -0.2) is 16.9 Å². The Hall–Kier alpha value is -3.87. The van der Waals surface area contributed by atoms with Crippen LogP contribution in [0.4, 0.5) is 0 Å². The molecule has 0 atom stereocenters. The number of carbonyl (C=O) groups is 2. The molecule has 0 unspecified atom stereocenters. The lowest BCUT2D eigenvalue weighted by atomic mass is 10.2. The summed E-state index contributed by atoms with van der Waals surface area (Å²) in [5.74, 6) is -1.25. The monoisotopic (exact) mass is 350 g/mol. The van der Waals surface area contributed by atoms with Gasteiger partial charge in [0, 0.05) is 11.5 Å². The maximum Gasteiger partial charge on any atom is 0.349 e. The van der Waals surface area contributed by atoms with E-state index in [9.17, 15) is 19.5 Å². The molecule has 0 spiro atoms. The van der Waals surface area contributed by atoms with Gasteiger partial charge in [-0.3, -0.25) is 20.4 Å². The molecule has 1 heterocycles. The number of nitrogens with one attached hydrogen (secondary N) is 2. The Balaban J connectivity index is 1.65. The third-order valence-corrected chi connectivity index (χ3v) is 3.51. The Morgan fingerprint density at radius 3 is 2.50 bits per heavy atom. The van der Waals surface area contributed by atoms with Crippen LogP contribution in [0.1, 0.15) is 15.9 Å². The lowest BCUT2D eigenvalue weighted by molar-refractivity contribution is -0.117. The minimum absolute atomic E-state index is 0.119. The molecule has 26 heavy (non-hydrogen) atoms. The summed E-state index contributed by atoms with van der Waals surface area (Å²) in [6.07, 6.45) is 2.71. The summed E-state index contributed by atoms with van der Waals surface area (Å²) < 4.78 is 5.07. The number of para-hydroxylation sites is 1. The quantitative estimate of drug-likeness (QED) is 0.380. The zero-order chi connectivity index (χ0) is 18.5. The number of carbonyl (C=O) groups excluding carboxylic acids is 2. The second kappa shape index (κ2) is 7.35. The smallest absolute Gasteiger partial charge is 0.349 e. The number of hydrazine groups is 1. The van der Waals surface area contributed by atoms with E-state index in [0.717, 1.165) is 0 Å².